The van der Waals surface area contributed by atoms with E-state index in [4.69, 9.17) is 5.26 Å². The minimum Gasteiger partial charge on any atom is -0.291 e. The van der Waals surface area contributed by atoms with Crippen LogP contribution in [0.3, 0.4) is 0 Å². The molecule has 2 aromatic rings. The molecule has 2 heterocycles. The van der Waals surface area contributed by atoms with E-state index in [1.165, 1.54) is 17.5 Å². The van der Waals surface area contributed by atoms with Crippen molar-refractivity contribution in [1.82, 2.24) is 9.97 Å². The van der Waals surface area contributed by atoms with Crippen LogP contribution in [-0.2, 0) is 0 Å². The molecule has 0 saturated carbocycles. The lowest BCUT2D eigenvalue weighted by atomic mass is 9.96. The predicted molar refractivity (Wildman–Crippen MR) is 63.8 cm³/mol. The Morgan fingerprint density at radius 2 is 2.41 bits per heavy atom. The summed E-state index contributed by atoms with van der Waals surface area (Å²) in [5.74, 6) is -1.10. The van der Waals surface area contributed by atoms with Crippen molar-refractivity contribution in [2.45, 2.75) is 12.8 Å². The number of pyridine rings is 1. The molecular weight excluding hydrogens is 234 g/mol. The number of ketones is 1. The van der Waals surface area contributed by atoms with Gasteiger partial charge in [-0.25, -0.2) is 4.98 Å². The van der Waals surface area contributed by atoms with Gasteiger partial charge >= 0.3 is 0 Å². The maximum absolute atomic E-state index is 12.1. The summed E-state index contributed by atoms with van der Waals surface area (Å²) in [4.78, 5) is 20.1. The SMILES string of the molecule is Cc1nc(C(=O)C(C#N)c2cccnc2)cs1. The molecule has 0 spiro atoms. The Hall–Kier alpha value is -2.06. The van der Waals surface area contributed by atoms with Gasteiger partial charge in [-0.05, 0) is 18.6 Å². The first-order valence-corrected chi connectivity index (χ1v) is 5.86. The number of thiazole rings is 1. The molecule has 0 aliphatic carbocycles. The standard InChI is InChI=1S/C12H9N3OS/c1-8-15-11(7-17-8)12(16)10(5-13)9-3-2-4-14-6-9/h2-4,6-7,10H,1H3. The average Bonchev–Trinajstić information content (AvgIpc) is 2.78. The highest BCUT2D eigenvalue weighted by atomic mass is 32.1. The van der Waals surface area contributed by atoms with Gasteiger partial charge in [0.05, 0.1) is 11.1 Å². The number of hydrogen-bond donors (Lipinski definition) is 0. The van der Waals surface area contributed by atoms with Crippen molar-refractivity contribution in [3.05, 3.63) is 46.2 Å². The molecule has 0 aliphatic rings. The normalized spacial score (nSPS) is 11.8. The Bertz CT molecular complexity index is 571. The van der Waals surface area contributed by atoms with Gasteiger partial charge in [0.2, 0.25) is 5.78 Å². The van der Waals surface area contributed by atoms with Gasteiger partial charge in [-0.3, -0.25) is 9.78 Å². The topological polar surface area (TPSA) is 66.6 Å². The van der Waals surface area contributed by atoms with E-state index in [9.17, 15) is 4.79 Å². The molecule has 84 valence electrons. The third-order valence-electron chi connectivity index (χ3n) is 2.28. The molecule has 2 aromatic heterocycles. The molecule has 5 heteroatoms. The van der Waals surface area contributed by atoms with E-state index in [2.05, 4.69) is 9.97 Å². The lowest BCUT2D eigenvalue weighted by Gasteiger charge is -2.05. The third kappa shape index (κ3) is 2.37. The lowest BCUT2D eigenvalue weighted by molar-refractivity contribution is 0.0974. The number of carbonyl (C=O) groups is 1. The van der Waals surface area contributed by atoms with Gasteiger partial charge in [-0.1, -0.05) is 6.07 Å². The maximum atomic E-state index is 12.1. The zero-order valence-corrected chi connectivity index (χ0v) is 9.94. The molecule has 17 heavy (non-hydrogen) atoms. The molecule has 0 N–H and O–H groups in total. The highest BCUT2D eigenvalue weighted by Gasteiger charge is 2.23. The Morgan fingerprint density at radius 3 is 2.94 bits per heavy atom. The number of nitrogens with zero attached hydrogens (tertiary/aromatic N) is 3. The van der Waals surface area contributed by atoms with Crippen LogP contribution in [0, 0.1) is 18.3 Å². The summed E-state index contributed by atoms with van der Waals surface area (Å²) in [5.41, 5.74) is 0.952. The van der Waals surface area contributed by atoms with Crippen LogP contribution in [0.2, 0.25) is 0 Å². The lowest BCUT2D eigenvalue weighted by Crippen LogP contribution is -2.11. The van der Waals surface area contributed by atoms with Crippen molar-refractivity contribution >= 4 is 17.1 Å². The van der Waals surface area contributed by atoms with E-state index in [0.717, 1.165) is 5.01 Å². The molecule has 0 fully saturated rings. The van der Waals surface area contributed by atoms with Crippen molar-refractivity contribution in [3.63, 3.8) is 0 Å². The number of Topliss-reactive ketones (excluding diaryl/α,β-unsaturated/α-hetero) is 1. The van der Waals surface area contributed by atoms with Crippen LogP contribution in [0.25, 0.3) is 0 Å². The minimum atomic E-state index is -0.829. The zero-order valence-electron chi connectivity index (χ0n) is 9.12. The quantitative estimate of drug-likeness (QED) is 0.776. The fourth-order valence-electron chi connectivity index (χ4n) is 1.46. The van der Waals surface area contributed by atoms with E-state index in [1.54, 1.807) is 23.7 Å². The van der Waals surface area contributed by atoms with Crippen LogP contribution < -0.4 is 0 Å². The zero-order chi connectivity index (χ0) is 12.3. The Labute approximate surface area is 103 Å². The number of hydrogen-bond acceptors (Lipinski definition) is 5. The number of aromatic nitrogens is 2. The first-order valence-electron chi connectivity index (χ1n) is 4.98. The molecule has 2 rings (SSSR count). The number of carbonyl (C=O) groups excluding carboxylic acids is 1. The van der Waals surface area contributed by atoms with Crippen LogP contribution >= 0.6 is 11.3 Å². The van der Waals surface area contributed by atoms with Gasteiger partial charge in [0.1, 0.15) is 11.6 Å². The molecule has 1 atom stereocenters. The highest BCUT2D eigenvalue weighted by molar-refractivity contribution is 7.09. The second-order valence-electron chi connectivity index (χ2n) is 3.46. The Morgan fingerprint density at radius 1 is 1.59 bits per heavy atom. The van der Waals surface area contributed by atoms with Gasteiger partial charge in [0, 0.05) is 17.8 Å². The van der Waals surface area contributed by atoms with Crippen molar-refractivity contribution in [3.8, 4) is 6.07 Å². The van der Waals surface area contributed by atoms with Crippen LogP contribution in [0.1, 0.15) is 27.0 Å². The molecule has 0 radical (unpaired) electrons. The molecule has 0 aliphatic heterocycles. The second kappa shape index (κ2) is 4.85. The summed E-state index contributed by atoms with van der Waals surface area (Å²) >= 11 is 1.40. The average molecular weight is 243 g/mol. The fraction of sp³-hybridized carbons (Fsp3) is 0.167. The van der Waals surface area contributed by atoms with Crippen molar-refractivity contribution < 1.29 is 4.79 Å². The van der Waals surface area contributed by atoms with E-state index in [1.807, 2.05) is 13.0 Å². The maximum Gasteiger partial charge on any atom is 0.203 e. The van der Waals surface area contributed by atoms with Gasteiger partial charge in [0.15, 0.2) is 0 Å². The number of nitriles is 1. The summed E-state index contributed by atoms with van der Waals surface area (Å²) in [6.45, 7) is 1.83. The van der Waals surface area contributed by atoms with Gasteiger partial charge in [-0.15, -0.1) is 11.3 Å². The summed E-state index contributed by atoms with van der Waals surface area (Å²) < 4.78 is 0. The monoisotopic (exact) mass is 243 g/mol. The van der Waals surface area contributed by atoms with Gasteiger partial charge < -0.3 is 0 Å². The van der Waals surface area contributed by atoms with Crippen molar-refractivity contribution in [2.24, 2.45) is 0 Å². The molecule has 4 nitrogen and oxygen atoms in total. The summed E-state index contributed by atoms with van der Waals surface area (Å²) in [5, 5.41) is 11.6. The fourth-order valence-corrected chi connectivity index (χ4v) is 2.06. The van der Waals surface area contributed by atoms with Gasteiger partial charge in [0.25, 0.3) is 0 Å². The van der Waals surface area contributed by atoms with Crippen LogP contribution in [0.4, 0.5) is 0 Å². The van der Waals surface area contributed by atoms with Gasteiger partial charge in [-0.2, -0.15) is 5.26 Å². The van der Waals surface area contributed by atoms with E-state index >= 15 is 0 Å². The molecule has 0 amide bonds. The van der Waals surface area contributed by atoms with E-state index < -0.39 is 5.92 Å². The van der Waals surface area contributed by atoms with E-state index in [0.29, 0.717) is 11.3 Å². The molecule has 0 saturated heterocycles. The summed E-state index contributed by atoms with van der Waals surface area (Å²) in [7, 11) is 0. The van der Waals surface area contributed by atoms with Crippen molar-refractivity contribution in [2.75, 3.05) is 0 Å². The Balaban J connectivity index is 2.32. The third-order valence-corrected chi connectivity index (χ3v) is 3.05. The second-order valence-corrected chi connectivity index (χ2v) is 4.53. The molecular formula is C12H9N3OS. The predicted octanol–water partition coefficient (Wildman–Crippen LogP) is 2.34. The van der Waals surface area contributed by atoms with Crippen LogP contribution in [0.15, 0.2) is 29.9 Å². The molecule has 1 unspecified atom stereocenters. The minimum absolute atomic E-state index is 0.273. The first-order chi connectivity index (χ1) is 8.22. The Kier molecular flexibility index (Phi) is 3.26. The smallest absolute Gasteiger partial charge is 0.203 e. The first kappa shape index (κ1) is 11.4. The molecule has 0 bridgehead atoms. The van der Waals surface area contributed by atoms with Crippen molar-refractivity contribution in [1.29, 1.82) is 5.26 Å². The van der Waals surface area contributed by atoms with Crippen LogP contribution in [0.5, 0.6) is 0 Å². The number of rotatable bonds is 3. The van der Waals surface area contributed by atoms with E-state index in [-0.39, 0.29) is 5.78 Å². The summed E-state index contributed by atoms with van der Waals surface area (Å²) in [6, 6.07) is 5.43. The molecule has 0 aromatic carbocycles. The summed E-state index contributed by atoms with van der Waals surface area (Å²) in [6.07, 6.45) is 3.14. The highest BCUT2D eigenvalue weighted by Crippen LogP contribution is 2.20. The number of aryl methyl sites for hydroxylation is 1. The van der Waals surface area contributed by atoms with Crippen LogP contribution in [-0.4, -0.2) is 15.8 Å². The largest absolute Gasteiger partial charge is 0.291 e.